The van der Waals surface area contributed by atoms with Crippen molar-refractivity contribution in [2.75, 3.05) is 20.2 Å². The maximum absolute atomic E-state index is 5.72. The van der Waals surface area contributed by atoms with Gasteiger partial charge in [-0.3, -0.25) is 4.90 Å². The first-order valence-electron chi connectivity index (χ1n) is 7.71. The fourth-order valence-corrected chi connectivity index (χ4v) is 2.85. The Kier molecular flexibility index (Phi) is 5.07. The van der Waals surface area contributed by atoms with Gasteiger partial charge in [-0.2, -0.15) is 0 Å². The number of hydrogen-bond acceptors (Lipinski definition) is 3. The zero-order valence-corrected chi connectivity index (χ0v) is 13.8. The van der Waals surface area contributed by atoms with Gasteiger partial charge < -0.3 is 10.5 Å². The summed E-state index contributed by atoms with van der Waals surface area (Å²) >= 11 is 0. The normalized spacial score (nSPS) is 16.7. The van der Waals surface area contributed by atoms with Crippen molar-refractivity contribution in [2.45, 2.75) is 40.3 Å². The lowest BCUT2D eigenvalue weighted by molar-refractivity contribution is 0.271. The van der Waals surface area contributed by atoms with Crippen LogP contribution in [0.5, 0.6) is 5.75 Å². The van der Waals surface area contributed by atoms with Gasteiger partial charge in [-0.1, -0.05) is 44.6 Å². The van der Waals surface area contributed by atoms with E-state index < -0.39 is 0 Å². The van der Waals surface area contributed by atoms with Gasteiger partial charge >= 0.3 is 0 Å². The van der Waals surface area contributed by atoms with Crippen LogP contribution in [0.2, 0.25) is 0 Å². The van der Waals surface area contributed by atoms with Gasteiger partial charge in [0.05, 0.1) is 7.11 Å². The van der Waals surface area contributed by atoms with Crippen molar-refractivity contribution in [3.8, 4) is 5.75 Å². The molecular formula is C18H28N2O. The van der Waals surface area contributed by atoms with Crippen LogP contribution in [-0.4, -0.2) is 25.1 Å². The summed E-state index contributed by atoms with van der Waals surface area (Å²) < 4.78 is 5.42. The Hall–Kier alpha value is -1.32. The zero-order chi connectivity index (χ0) is 15.5. The third-order valence-electron chi connectivity index (χ3n) is 4.23. The first-order valence-corrected chi connectivity index (χ1v) is 7.71. The topological polar surface area (TPSA) is 38.5 Å². The maximum Gasteiger partial charge on any atom is 0.123 e. The first kappa shape index (κ1) is 16.1. The second kappa shape index (κ2) is 6.63. The number of hydrogen-bond donors (Lipinski definition) is 1. The summed E-state index contributed by atoms with van der Waals surface area (Å²) in [6.45, 7) is 10.5. The molecule has 0 aliphatic carbocycles. The zero-order valence-electron chi connectivity index (χ0n) is 13.8. The third-order valence-corrected chi connectivity index (χ3v) is 4.23. The van der Waals surface area contributed by atoms with Crippen LogP contribution in [-0.2, 0) is 13.1 Å². The van der Waals surface area contributed by atoms with E-state index in [0.29, 0.717) is 12.0 Å². The Balaban J connectivity index is 2.02. The molecule has 1 aliphatic rings. The van der Waals surface area contributed by atoms with Crippen molar-refractivity contribution >= 4 is 0 Å². The molecular weight excluding hydrogens is 260 g/mol. The molecule has 1 aromatic rings. The summed E-state index contributed by atoms with van der Waals surface area (Å²) in [6.07, 6.45) is 3.57. The van der Waals surface area contributed by atoms with E-state index in [1.54, 1.807) is 12.7 Å². The molecule has 0 bridgehead atoms. The molecule has 0 fully saturated rings. The SMILES string of the molecule is COc1cc(CN2CC=C(C(C)(C)C)CC2)ccc1CN. The highest BCUT2D eigenvalue weighted by Crippen LogP contribution is 2.30. The highest BCUT2D eigenvalue weighted by atomic mass is 16.5. The maximum atomic E-state index is 5.72. The molecule has 0 amide bonds. The van der Waals surface area contributed by atoms with Crippen LogP contribution < -0.4 is 10.5 Å². The summed E-state index contributed by atoms with van der Waals surface area (Å²) in [5, 5.41) is 0. The van der Waals surface area contributed by atoms with Crippen molar-refractivity contribution in [1.82, 2.24) is 4.90 Å². The van der Waals surface area contributed by atoms with Gasteiger partial charge in [0.1, 0.15) is 5.75 Å². The largest absolute Gasteiger partial charge is 0.496 e. The lowest BCUT2D eigenvalue weighted by atomic mass is 9.83. The molecule has 0 unspecified atom stereocenters. The first-order chi connectivity index (χ1) is 9.94. The monoisotopic (exact) mass is 288 g/mol. The van der Waals surface area contributed by atoms with E-state index in [0.717, 1.165) is 30.9 Å². The van der Waals surface area contributed by atoms with Gasteiger partial charge in [0, 0.05) is 31.7 Å². The van der Waals surface area contributed by atoms with Crippen molar-refractivity contribution in [3.05, 3.63) is 41.0 Å². The minimum atomic E-state index is 0.304. The van der Waals surface area contributed by atoms with Crippen LogP contribution in [0.1, 0.15) is 38.3 Å². The molecule has 3 nitrogen and oxygen atoms in total. The minimum Gasteiger partial charge on any atom is -0.496 e. The predicted molar refractivity (Wildman–Crippen MR) is 88.3 cm³/mol. The van der Waals surface area contributed by atoms with Gasteiger partial charge in [-0.25, -0.2) is 0 Å². The number of methoxy groups -OCH3 is 1. The highest BCUT2D eigenvalue weighted by molar-refractivity contribution is 5.37. The van der Waals surface area contributed by atoms with Crippen LogP contribution in [0.3, 0.4) is 0 Å². The molecule has 21 heavy (non-hydrogen) atoms. The van der Waals surface area contributed by atoms with Gasteiger partial charge in [0.2, 0.25) is 0 Å². The molecule has 0 aromatic heterocycles. The van der Waals surface area contributed by atoms with E-state index >= 15 is 0 Å². The summed E-state index contributed by atoms with van der Waals surface area (Å²) in [5.74, 6) is 0.901. The minimum absolute atomic E-state index is 0.304. The Bertz CT molecular complexity index is 514. The van der Waals surface area contributed by atoms with Crippen molar-refractivity contribution < 1.29 is 4.74 Å². The lowest BCUT2D eigenvalue weighted by Gasteiger charge is -2.32. The smallest absolute Gasteiger partial charge is 0.123 e. The number of ether oxygens (including phenoxy) is 1. The van der Waals surface area contributed by atoms with E-state index in [1.165, 1.54) is 12.0 Å². The number of rotatable bonds is 4. The highest BCUT2D eigenvalue weighted by Gasteiger charge is 2.21. The lowest BCUT2D eigenvalue weighted by Crippen LogP contribution is -2.30. The Morgan fingerprint density at radius 2 is 2.05 bits per heavy atom. The molecule has 1 aromatic carbocycles. The van der Waals surface area contributed by atoms with Crippen LogP contribution in [0.4, 0.5) is 0 Å². The molecule has 2 rings (SSSR count). The quantitative estimate of drug-likeness (QED) is 0.864. The Morgan fingerprint density at radius 3 is 2.57 bits per heavy atom. The van der Waals surface area contributed by atoms with E-state index in [9.17, 15) is 0 Å². The van der Waals surface area contributed by atoms with Crippen molar-refractivity contribution in [1.29, 1.82) is 0 Å². The number of nitrogens with two attached hydrogens (primary N) is 1. The average molecular weight is 288 g/mol. The van der Waals surface area contributed by atoms with Crippen LogP contribution in [0.25, 0.3) is 0 Å². The van der Waals surface area contributed by atoms with Gasteiger partial charge in [0.25, 0.3) is 0 Å². The summed E-state index contributed by atoms with van der Waals surface area (Å²) in [6, 6.07) is 6.35. The fraction of sp³-hybridized carbons (Fsp3) is 0.556. The molecule has 0 saturated heterocycles. The van der Waals surface area contributed by atoms with Gasteiger partial charge in [-0.15, -0.1) is 0 Å². The molecule has 1 heterocycles. The number of nitrogens with zero attached hydrogens (tertiary/aromatic N) is 1. The molecule has 0 saturated carbocycles. The Morgan fingerprint density at radius 1 is 1.29 bits per heavy atom. The second-order valence-electron chi connectivity index (χ2n) is 6.81. The average Bonchev–Trinajstić information content (AvgIpc) is 2.46. The molecule has 0 radical (unpaired) electrons. The van der Waals surface area contributed by atoms with Gasteiger partial charge in [-0.05, 0) is 23.5 Å². The van der Waals surface area contributed by atoms with Crippen molar-refractivity contribution in [2.24, 2.45) is 11.1 Å². The van der Waals surface area contributed by atoms with Crippen LogP contribution in [0.15, 0.2) is 29.8 Å². The molecule has 3 heteroatoms. The molecule has 2 N–H and O–H groups in total. The summed E-state index contributed by atoms with van der Waals surface area (Å²) in [7, 11) is 1.71. The molecule has 0 atom stereocenters. The van der Waals surface area contributed by atoms with E-state index in [-0.39, 0.29) is 0 Å². The van der Waals surface area contributed by atoms with E-state index in [4.69, 9.17) is 10.5 Å². The van der Waals surface area contributed by atoms with E-state index in [1.807, 2.05) is 0 Å². The fourth-order valence-electron chi connectivity index (χ4n) is 2.85. The van der Waals surface area contributed by atoms with Crippen LogP contribution in [0, 0.1) is 5.41 Å². The van der Waals surface area contributed by atoms with Crippen LogP contribution >= 0.6 is 0 Å². The van der Waals surface area contributed by atoms with Crippen molar-refractivity contribution in [3.63, 3.8) is 0 Å². The summed E-state index contributed by atoms with van der Waals surface area (Å²) in [5.41, 5.74) is 9.95. The predicted octanol–water partition coefficient (Wildman–Crippen LogP) is 3.33. The summed E-state index contributed by atoms with van der Waals surface area (Å²) in [4.78, 5) is 2.48. The third kappa shape index (κ3) is 4.08. The molecule has 116 valence electrons. The second-order valence-corrected chi connectivity index (χ2v) is 6.81. The Labute approximate surface area is 128 Å². The molecule has 1 aliphatic heterocycles. The number of benzene rings is 1. The standard InChI is InChI=1S/C18H28N2O/c1-18(2,3)16-7-9-20(10-8-16)13-14-5-6-15(12-19)17(11-14)21-4/h5-7,11H,8-10,12-13,19H2,1-4H3. The van der Waals surface area contributed by atoms with Gasteiger partial charge in [0.15, 0.2) is 0 Å². The molecule has 0 spiro atoms. The van der Waals surface area contributed by atoms with E-state index in [2.05, 4.69) is 49.9 Å².